The van der Waals surface area contributed by atoms with E-state index in [0.29, 0.717) is 12.3 Å². The van der Waals surface area contributed by atoms with Gasteiger partial charge in [-0.2, -0.15) is 0 Å². The minimum absolute atomic E-state index is 0.242. The van der Waals surface area contributed by atoms with E-state index in [1.807, 2.05) is 17.0 Å². The molecule has 0 saturated carbocycles. The van der Waals surface area contributed by atoms with E-state index in [1.54, 1.807) is 12.3 Å². The molecule has 1 saturated heterocycles. The summed E-state index contributed by atoms with van der Waals surface area (Å²) < 4.78 is 0. The zero-order valence-electron chi connectivity index (χ0n) is 12.7. The lowest BCUT2D eigenvalue weighted by Gasteiger charge is -2.31. The molecule has 0 atom stereocenters. The molecule has 0 aromatic carbocycles. The second-order valence-corrected chi connectivity index (χ2v) is 5.77. The van der Waals surface area contributed by atoms with Gasteiger partial charge in [0.05, 0.1) is 0 Å². The number of hydrogen-bond donors (Lipinski definition) is 0. The van der Waals surface area contributed by atoms with Crippen LogP contribution in [0.1, 0.15) is 37.3 Å². The topological polar surface area (TPSA) is 46.1 Å². The molecule has 2 aromatic rings. The number of amides is 1. The Labute approximate surface area is 130 Å². The van der Waals surface area contributed by atoms with Gasteiger partial charge in [0.25, 0.3) is 0 Å². The highest BCUT2D eigenvalue weighted by atomic mass is 16.2. The maximum Gasteiger partial charge on any atom is 0.222 e. The molecule has 0 aliphatic carbocycles. The standard InChI is InChI=1S/C18H21N3O/c1-2-3-6-17(22)21-12-9-14(10-13-21)16-8-7-15-5-4-11-19-18(15)20-16/h2,4-5,7-8,11,14H,1,3,6,9-10,12-13H2. The van der Waals surface area contributed by atoms with E-state index in [9.17, 15) is 4.79 Å². The van der Waals surface area contributed by atoms with Gasteiger partial charge in [-0.05, 0) is 43.5 Å². The number of fused-ring (bicyclic) bond motifs is 1. The highest BCUT2D eigenvalue weighted by Gasteiger charge is 2.24. The van der Waals surface area contributed by atoms with Gasteiger partial charge in [0, 0.05) is 42.7 Å². The van der Waals surface area contributed by atoms with Crippen molar-refractivity contribution in [2.45, 2.75) is 31.6 Å². The summed E-state index contributed by atoms with van der Waals surface area (Å²) in [6, 6.07) is 8.15. The second-order valence-electron chi connectivity index (χ2n) is 5.77. The van der Waals surface area contributed by atoms with Gasteiger partial charge >= 0.3 is 0 Å². The fourth-order valence-corrected chi connectivity index (χ4v) is 3.00. The Morgan fingerprint density at radius 1 is 1.32 bits per heavy atom. The van der Waals surface area contributed by atoms with Crippen LogP contribution in [0.15, 0.2) is 43.1 Å². The Balaban J connectivity index is 1.65. The zero-order chi connectivity index (χ0) is 15.4. The van der Waals surface area contributed by atoms with Gasteiger partial charge in [-0.15, -0.1) is 6.58 Å². The van der Waals surface area contributed by atoms with Gasteiger partial charge in [0.1, 0.15) is 0 Å². The first-order valence-electron chi connectivity index (χ1n) is 7.88. The van der Waals surface area contributed by atoms with Gasteiger partial charge in [-0.3, -0.25) is 4.79 Å². The fraction of sp³-hybridized carbons (Fsp3) is 0.389. The van der Waals surface area contributed by atoms with E-state index in [-0.39, 0.29) is 5.91 Å². The summed E-state index contributed by atoms with van der Waals surface area (Å²) in [6.07, 6.45) is 6.87. The number of aromatic nitrogens is 2. The first-order chi connectivity index (χ1) is 10.8. The van der Waals surface area contributed by atoms with Gasteiger partial charge in [0.15, 0.2) is 5.65 Å². The van der Waals surface area contributed by atoms with Crippen LogP contribution in [0, 0.1) is 0 Å². The fourth-order valence-electron chi connectivity index (χ4n) is 3.00. The Morgan fingerprint density at radius 3 is 2.91 bits per heavy atom. The maximum absolute atomic E-state index is 12.0. The molecule has 4 heteroatoms. The number of hydrogen-bond acceptors (Lipinski definition) is 3. The van der Waals surface area contributed by atoms with Crippen molar-refractivity contribution in [2.24, 2.45) is 0 Å². The molecule has 1 aliphatic heterocycles. The Hall–Kier alpha value is -2.23. The molecule has 0 bridgehead atoms. The predicted octanol–water partition coefficient (Wildman–Crippen LogP) is 3.30. The quantitative estimate of drug-likeness (QED) is 0.813. The number of piperidine rings is 1. The highest BCUT2D eigenvalue weighted by molar-refractivity contribution is 5.76. The van der Waals surface area contributed by atoms with Crippen LogP contribution in [0.3, 0.4) is 0 Å². The van der Waals surface area contributed by atoms with Gasteiger partial charge in [-0.25, -0.2) is 9.97 Å². The highest BCUT2D eigenvalue weighted by Crippen LogP contribution is 2.28. The summed E-state index contributed by atoms with van der Waals surface area (Å²) in [5, 5.41) is 1.07. The monoisotopic (exact) mass is 295 g/mol. The summed E-state index contributed by atoms with van der Waals surface area (Å²) in [4.78, 5) is 23.0. The van der Waals surface area contributed by atoms with Crippen molar-refractivity contribution >= 4 is 16.9 Å². The number of nitrogens with zero attached hydrogens (tertiary/aromatic N) is 3. The maximum atomic E-state index is 12.0. The number of carbonyl (C=O) groups is 1. The minimum Gasteiger partial charge on any atom is -0.343 e. The molecule has 4 nitrogen and oxygen atoms in total. The molecular formula is C18H21N3O. The lowest BCUT2D eigenvalue weighted by Crippen LogP contribution is -2.37. The van der Waals surface area contributed by atoms with Crippen LogP contribution in [0.2, 0.25) is 0 Å². The van der Waals surface area contributed by atoms with E-state index in [1.165, 1.54) is 0 Å². The molecule has 0 spiro atoms. The normalized spacial score (nSPS) is 15.9. The van der Waals surface area contributed by atoms with E-state index in [2.05, 4.69) is 23.7 Å². The molecule has 1 amide bonds. The van der Waals surface area contributed by atoms with E-state index < -0.39 is 0 Å². The molecule has 1 aliphatic rings. The molecule has 1 fully saturated rings. The molecule has 0 radical (unpaired) electrons. The molecule has 0 unspecified atom stereocenters. The summed E-state index contributed by atoms with van der Waals surface area (Å²) in [6.45, 7) is 5.31. The largest absolute Gasteiger partial charge is 0.343 e. The third kappa shape index (κ3) is 3.16. The van der Waals surface area contributed by atoms with Gasteiger partial charge < -0.3 is 4.90 Å². The average molecular weight is 295 g/mol. The lowest BCUT2D eigenvalue weighted by atomic mass is 9.92. The van der Waals surface area contributed by atoms with Crippen LogP contribution in [-0.4, -0.2) is 33.9 Å². The molecular weight excluding hydrogens is 274 g/mol. The zero-order valence-corrected chi connectivity index (χ0v) is 12.7. The first-order valence-corrected chi connectivity index (χ1v) is 7.88. The SMILES string of the molecule is C=CCCC(=O)N1CCC(c2ccc3cccnc3n2)CC1. The Bertz CT molecular complexity index is 675. The third-order valence-corrected chi connectivity index (χ3v) is 4.31. The lowest BCUT2D eigenvalue weighted by molar-refractivity contribution is -0.132. The van der Waals surface area contributed by atoms with E-state index in [4.69, 9.17) is 4.98 Å². The number of carbonyl (C=O) groups excluding carboxylic acids is 1. The van der Waals surface area contributed by atoms with Crippen LogP contribution in [0.4, 0.5) is 0 Å². The van der Waals surface area contributed by atoms with Crippen molar-refractivity contribution in [3.8, 4) is 0 Å². The summed E-state index contributed by atoms with van der Waals surface area (Å²) in [5.41, 5.74) is 1.91. The van der Waals surface area contributed by atoms with Crippen LogP contribution in [-0.2, 0) is 4.79 Å². The molecule has 22 heavy (non-hydrogen) atoms. The van der Waals surface area contributed by atoms with Crippen molar-refractivity contribution in [3.05, 3.63) is 48.8 Å². The Morgan fingerprint density at radius 2 is 2.14 bits per heavy atom. The van der Waals surface area contributed by atoms with Gasteiger partial charge in [-0.1, -0.05) is 6.08 Å². The van der Waals surface area contributed by atoms with Crippen molar-refractivity contribution in [1.29, 1.82) is 0 Å². The van der Waals surface area contributed by atoms with E-state index in [0.717, 1.165) is 49.1 Å². The number of pyridine rings is 2. The smallest absolute Gasteiger partial charge is 0.222 e. The third-order valence-electron chi connectivity index (χ3n) is 4.31. The minimum atomic E-state index is 0.242. The molecule has 3 heterocycles. The van der Waals surface area contributed by atoms with Crippen molar-refractivity contribution in [3.63, 3.8) is 0 Å². The second kappa shape index (κ2) is 6.69. The molecule has 114 valence electrons. The number of rotatable bonds is 4. The number of allylic oxidation sites excluding steroid dienone is 1. The molecule has 0 N–H and O–H groups in total. The Kier molecular flexibility index (Phi) is 4.47. The van der Waals surface area contributed by atoms with Crippen molar-refractivity contribution in [2.75, 3.05) is 13.1 Å². The van der Waals surface area contributed by atoms with Crippen molar-refractivity contribution in [1.82, 2.24) is 14.9 Å². The molecule has 2 aromatic heterocycles. The first kappa shape index (κ1) is 14.7. The van der Waals surface area contributed by atoms with Gasteiger partial charge in [0.2, 0.25) is 5.91 Å². The summed E-state index contributed by atoms with van der Waals surface area (Å²) in [5.74, 6) is 0.668. The van der Waals surface area contributed by atoms with Crippen LogP contribution < -0.4 is 0 Å². The van der Waals surface area contributed by atoms with Crippen LogP contribution in [0.5, 0.6) is 0 Å². The van der Waals surface area contributed by atoms with E-state index >= 15 is 0 Å². The summed E-state index contributed by atoms with van der Waals surface area (Å²) >= 11 is 0. The predicted molar refractivity (Wildman–Crippen MR) is 87.5 cm³/mol. The van der Waals surface area contributed by atoms with Crippen molar-refractivity contribution < 1.29 is 4.79 Å². The average Bonchev–Trinajstić information content (AvgIpc) is 2.59. The number of likely N-dealkylation sites (tertiary alicyclic amines) is 1. The molecule has 3 rings (SSSR count). The summed E-state index contributed by atoms with van der Waals surface area (Å²) in [7, 11) is 0. The van der Waals surface area contributed by atoms with Crippen LogP contribution >= 0.6 is 0 Å². The van der Waals surface area contributed by atoms with Crippen LogP contribution in [0.25, 0.3) is 11.0 Å².